The molecule has 4 fully saturated rings. The average Bonchev–Trinajstić information content (AvgIpc) is 3.39. The summed E-state index contributed by atoms with van der Waals surface area (Å²) < 4.78 is 0. The molecule has 0 N–H and O–H groups in total. The van der Waals surface area contributed by atoms with Gasteiger partial charge < -0.3 is 35.9 Å². The van der Waals surface area contributed by atoms with Gasteiger partial charge in [-0.2, -0.15) is 12.8 Å². The number of rotatable bonds is 6. The first-order valence-electron chi connectivity index (χ1n) is 14.1. The number of allylic oxidation sites excluding steroid dienone is 8. The van der Waals surface area contributed by atoms with Crippen LogP contribution < -0.4 is 24.8 Å². The van der Waals surface area contributed by atoms with Crippen LogP contribution >= 0.6 is 0 Å². The summed E-state index contributed by atoms with van der Waals surface area (Å²) in [5, 5.41) is 0. The number of fused-ring (bicyclic) bond motifs is 2. The van der Waals surface area contributed by atoms with Gasteiger partial charge in [0.25, 0.3) is 0 Å². The van der Waals surface area contributed by atoms with Crippen molar-refractivity contribution in [2.24, 2.45) is 23.7 Å². The minimum absolute atomic E-state index is 0. The number of halogens is 2. The van der Waals surface area contributed by atoms with Crippen molar-refractivity contribution in [3.8, 4) is 0 Å². The summed E-state index contributed by atoms with van der Waals surface area (Å²) in [6.45, 7) is 4.77. The SMILES string of the molecule is CCC[Si]1([C-]2CCC3C=CC=CC23)CCC1.CCC[Si]1([C-]2CCC3C=CC=CC23)CCC1.[Cl-].[Cl-].[Hf+4]. The summed E-state index contributed by atoms with van der Waals surface area (Å²) in [5.41, 5.74) is 4.12. The van der Waals surface area contributed by atoms with Crippen LogP contribution in [0, 0.1) is 34.8 Å². The summed E-state index contributed by atoms with van der Waals surface area (Å²) in [6, 6.07) is 9.66. The van der Waals surface area contributed by atoms with Crippen LogP contribution in [0.1, 0.15) is 65.2 Å². The molecule has 4 unspecified atom stereocenters. The van der Waals surface area contributed by atoms with Crippen LogP contribution in [0.5, 0.6) is 0 Å². The third-order valence-electron chi connectivity index (χ3n) is 10.2. The van der Waals surface area contributed by atoms with Crippen molar-refractivity contribution in [1.82, 2.24) is 0 Å². The molecule has 0 amide bonds. The number of hydrogen-bond acceptors (Lipinski definition) is 0. The second kappa shape index (κ2) is 14.3. The van der Waals surface area contributed by atoms with Crippen LogP contribution in [0.4, 0.5) is 0 Å². The first-order chi connectivity index (χ1) is 15.7. The second-order valence-corrected chi connectivity index (χ2v) is 21.2. The molecule has 0 aromatic carbocycles. The first-order valence-corrected chi connectivity index (χ1v) is 19.4. The number of hydrogen-bond donors (Lipinski definition) is 0. The maximum absolute atomic E-state index is 2.51. The minimum atomic E-state index is -0.886. The smallest absolute Gasteiger partial charge is 1.00 e. The van der Waals surface area contributed by atoms with E-state index in [2.05, 4.69) is 73.5 Å². The van der Waals surface area contributed by atoms with Crippen LogP contribution in [0.15, 0.2) is 48.6 Å². The molecule has 2 heterocycles. The molecule has 6 rings (SSSR count). The van der Waals surface area contributed by atoms with E-state index in [1.165, 1.54) is 51.4 Å². The maximum atomic E-state index is 2.51. The largest absolute Gasteiger partial charge is 4.00 e. The standard InChI is InChI=1S/2C15H23Si.2ClH.Hf/c2*1-2-10-16(11-5-12-16)15-9-8-13-6-3-4-7-14(13)15;;;/h2*3-4,6-7,13-14H,2,5,8-12H2,1H3;2*1H;/q2*-1;;;+4/p-2. The molecule has 5 heteroatoms. The van der Waals surface area contributed by atoms with Crippen molar-refractivity contribution in [2.45, 2.75) is 101 Å². The van der Waals surface area contributed by atoms with Gasteiger partial charge in [-0.1, -0.05) is 141 Å². The fourth-order valence-electron chi connectivity index (χ4n) is 8.45. The van der Waals surface area contributed by atoms with Crippen molar-refractivity contribution < 1.29 is 50.7 Å². The molecule has 0 radical (unpaired) electrons. The van der Waals surface area contributed by atoms with Gasteiger partial charge >= 0.3 is 25.8 Å². The Bertz CT molecular complexity index is 704. The van der Waals surface area contributed by atoms with E-state index in [0.717, 1.165) is 23.7 Å². The summed E-state index contributed by atoms with van der Waals surface area (Å²) in [6.07, 6.45) is 30.8. The van der Waals surface area contributed by atoms with Crippen molar-refractivity contribution in [3.05, 3.63) is 59.7 Å². The molecule has 0 spiro atoms. The zero-order chi connectivity index (χ0) is 22.0. The van der Waals surface area contributed by atoms with E-state index in [0.29, 0.717) is 0 Å². The Balaban J connectivity index is 0.000000227. The van der Waals surface area contributed by atoms with E-state index < -0.39 is 16.1 Å². The van der Waals surface area contributed by atoms with Gasteiger partial charge in [0.15, 0.2) is 0 Å². The summed E-state index contributed by atoms with van der Waals surface area (Å²) in [5.74, 6) is 3.48. The van der Waals surface area contributed by atoms with E-state index in [9.17, 15) is 0 Å². The Labute approximate surface area is 250 Å². The van der Waals surface area contributed by atoms with E-state index in [1.54, 1.807) is 36.3 Å². The summed E-state index contributed by atoms with van der Waals surface area (Å²) in [7, 11) is -1.77. The Kier molecular flexibility index (Phi) is 13.1. The molecule has 192 valence electrons. The topological polar surface area (TPSA) is 0 Å². The molecular formula is C30H46Cl2HfSi2. The molecule has 2 aliphatic heterocycles. The van der Waals surface area contributed by atoms with E-state index in [1.807, 2.05) is 0 Å². The zero-order valence-corrected chi connectivity index (χ0v) is 29.2. The zero-order valence-electron chi connectivity index (χ0n) is 22.1. The molecule has 2 saturated carbocycles. The van der Waals surface area contributed by atoms with E-state index >= 15 is 0 Å². The van der Waals surface area contributed by atoms with Crippen molar-refractivity contribution in [2.75, 3.05) is 0 Å². The van der Waals surface area contributed by atoms with Gasteiger partial charge in [0.05, 0.1) is 0 Å². The molecule has 2 saturated heterocycles. The molecule has 0 nitrogen and oxygen atoms in total. The molecule has 0 aromatic heterocycles. The normalized spacial score (nSPS) is 33.0. The quantitative estimate of drug-likeness (QED) is 0.294. The van der Waals surface area contributed by atoms with Gasteiger partial charge in [-0.3, -0.25) is 0 Å². The third kappa shape index (κ3) is 6.37. The monoisotopic (exact) mass is 712 g/mol. The van der Waals surface area contributed by atoms with Crippen LogP contribution in [-0.4, -0.2) is 16.1 Å². The predicted octanol–water partition coefficient (Wildman–Crippen LogP) is 3.04. The third-order valence-corrected chi connectivity index (χ3v) is 22.3. The van der Waals surface area contributed by atoms with Gasteiger partial charge in [0, 0.05) is 0 Å². The Morgan fingerprint density at radius 1 is 0.629 bits per heavy atom. The van der Waals surface area contributed by atoms with Crippen molar-refractivity contribution in [3.63, 3.8) is 0 Å². The van der Waals surface area contributed by atoms with Gasteiger partial charge in [0.1, 0.15) is 0 Å². The molecule has 0 bridgehead atoms. The molecular weight excluding hydrogens is 666 g/mol. The molecule has 4 aliphatic carbocycles. The van der Waals surface area contributed by atoms with Gasteiger partial charge in [-0.05, 0) is 11.8 Å². The summed E-state index contributed by atoms with van der Waals surface area (Å²) in [4.78, 5) is 0. The predicted molar refractivity (Wildman–Crippen MR) is 146 cm³/mol. The fourth-order valence-corrected chi connectivity index (χ4v) is 19.1. The Morgan fingerprint density at radius 2 is 1.00 bits per heavy atom. The Hall–Kier alpha value is 0.844. The second-order valence-electron chi connectivity index (χ2n) is 11.8. The van der Waals surface area contributed by atoms with Gasteiger partial charge in [-0.15, -0.1) is 24.0 Å². The van der Waals surface area contributed by atoms with Gasteiger partial charge in [0.2, 0.25) is 0 Å². The first kappa shape index (κ1) is 32.1. The van der Waals surface area contributed by atoms with Crippen LogP contribution in [0.2, 0.25) is 36.3 Å². The molecule has 35 heavy (non-hydrogen) atoms. The maximum Gasteiger partial charge on any atom is 4.00 e. The van der Waals surface area contributed by atoms with Gasteiger partial charge in [-0.25, -0.2) is 0 Å². The molecule has 0 aromatic rings. The van der Waals surface area contributed by atoms with E-state index in [-0.39, 0.29) is 50.7 Å². The molecule has 4 atom stereocenters. The van der Waals surface area contributed by atoms with E-state index in [4.69, 9.17) is 0 Å². The average molecular weight is 712 g/mol. The van der Waals surface area contributed by atoms with Crippen LogP contribution in [-0.2, 0) is 25.8 Å². The minimum Gasteiger partial charge on any atom is -1.00 e. The molecule has 6 aliphatic rings. The summed E-state index contributed by atoms with van der Waals surface area (Å²) >= 11 is 0. The van der Waals surface area contributed by atoms with Crippen LogP contribution in [0.25, 0.3) is 0 Å². The van der Waals surface area contributed by atoms with Crippen molar-refractivity contribution in [1.29, 1.82) is 0 Å². The van der Waals surface area contributed by atoms with Crippen molar-refractivity contribution >= 4 is 16.1 Å². The van der Waals surface area contributed by atoms with Crippen LogP contribution in [0.3, 0.4) is 0 Å². The Morgan fingerprint density at radius 3 is 1.31 bits per heavy atom. The fraction of sp³-hybridized carbons (Fsp3) is 0.667.